The van der Waals surface area contributed by atoms with Gasteiger partial charge in [-0.05, 0) is 30.7 Å². The van der Waals surface area contributed by atoms with Crippen molar-refractivity contribution in [3.8, 4) is 0 Å². The van der Waals surface area contributed by atoms with Crippen molar-refractivity contribution in [2.45, 2.75) is 24.8 Å². The number of hydrogen-bond donors (Lipinski definition) is 0. The lowest BCUT2D eigenvalue weighted by Gasteiger charge is -2.16. The first-order valence-corrected chi connectivity index (χ1v) is 9.07. The van der Waals surface area contributed by atoms with Crippen molar-refractivity contribution in [2.24, 2.45) is 0 Å². The average molecular weight is 322 g/mol. The molecule has 0 spiro atoms. The van der Waals surface area contributed by atoms with Gasteiger partial charge < -0.3 is 4.90 Å². The van der Waals surface area contributed by atoms with Crippen LogP contribution in [0.5, 0.6) is 0 Å². The van der Waals surface area contributed by atoms with E-state index in [0.29, 0.717) is 12.1 Å². The van der Waals surface area contributed by atoms with Crippen LogP contribution in [0.4, 0.5) is 0 Å². The summed E-state index contributed by atoms with van der Waals surface area (Å²) in [4.78, 5) is 19.2. The molecule has 1 aromatic heterocycles. The second-order valence-electron chi connectivity index (χ2n) is 4.73. The second kappa shape index (κ2) is 6.95. The molecule has 4 nitrogen and oxygen atoms in total. The van der Waals surface area contributed by atoms with Crippen LogP contribution in [0.15, 0.2) is 34.5 Å². The van der Waals surface area contributed by atoms with Crippen LogP contribution in [0.2, 0.25) is 0 Å². The number of carbonyl (C=O) groups is 1. The zero-order valence-electron chi connectivity index (χ0n) is 12.3. The van der Waals surface area contributed by atoms with Gasteiger partial charge in [0.15, 0.2) is 0 Å². The molecule has 0 aliphatic heterocycles. The first-order valence-electron chi connectivity index (χ1n) is 6.63. The molecule has 1 amide bonds. The van der Waals surface area contributed by atoms with Crippen molar-refractivity contribution in [1.29, 1.82) is 0 Å². The standard InChI is InChI=1S/C15H18N2O2S2/c1-4-14-16-12(10-20-14)9-17(2)15(18)11-5-7-13(8-6-11)21(3)19/h5-8,10H,4,9H2,1-3H3. The minimum atomic E-state index is -1.02. The topological polar surface area (TPSA) is 50.3 Å². The quantitative estimate of drug-likeness (QED) is 0.850. The fourth-order valence-corrected chi connectivity index (χ4v) is 3.16. The molecule has 0 saturated heterocycles. The van der Waals surface area contributed by atoms with Gasteiger partial charge in [-0.15, -0.1) is 11.3 Å². The maximum Gasteiger partial charge on any atom is 0.253 e. The summed E-state index contributed by atoms with van der Waals surface area (Å²) in [5, 5.41) is 3.08. The second-order valence-corrected chi connectivity index (χ2v) is 7.05. The Morgan fingerprint density at radius 1 is 1.33 bits per heavy atom. The van der Waals surface area contributed by atoms with Crippen molar-refractivity contribution in [2.75, 3.05) is 13.3 Å². The minimum Gasteiger partial charge on any atom is -0.336 e. The first-order chi connectivity index (χ1) is 10.0. The fraction of sp³-hybridized carbons (Fsp3) is 0.333. The maximum absolute atomic E-state index is 12.3. The molecule has 0 saturated carbocycles. The number of carbonyl (C=O) groups excluding carboxylic acids is 1. The molecular weight excluding hydrogens is 304 g/mol. The molecule has 1 unspecified atom stereocenters. The summed E-state index contributed by atoms with van der Waals surface area (Å²) in [6.07, 6.45) is 2.54. The molecule has 1 aromatic carbocycles. The Hall–Kier alpha value is -1.53. The summed E-state index contributed by atoms with van der Waals surface area (Å²) in [6, 6.07) is 6.90. The normalized spacial score (nSPS) is 12.1. The summed E-state index contributed by atoms with van der Waals surface area (Å²) < 4.78 is 11.3. The Balaban J connectivity index is 2.06. The lowest BCUT2D eigenvalue weighted by Crippen LogP contribution is -2.26. The predicted molar refractivity (Wildman–Crippen MR) is 86.1 cm³/mol. The van der Waals surface area contributed by atoms with Gasteiger partial charge in [-0.25, -0.2) is 4.98 Å². The molecule has 112 valence electrons. The van der Waals surface area contributed by atoms with Crippen LogP contribution in [0.3, 0.4) is 0 Å². The number of rotatable bonds is 5. The molecule has 21 heavy (non-hydrogen) atoms. The first kappa shape index (κ1) is 15.9. The highest BCUT2D eigenvalue weighted by Crippen LogP contribution is 2.14. The molecule has 2 rings (SSSR count). The number of nitrogens with zero attached hydrogens (tertiary/aromatic N) is 2. The molecule has 1 atom stereocenters. The van der Waals surface area contributed by atoms with E-state index >= 15 is 0 Å². The number of hydrogen-bond acceptors (Lipinski definition) is 4. The van der Waals surface area contributed by atoms with Gasteiger partial charge in [0, 0.05) is 39.9 Å². The van der Waals surface area contributed by atoms with E-state index in [-0.39, 0.29) is 5.91 Å². The van der Waals surface area contributed by atoms with Crippen LogP contribution < -0.4 is 0 Å². The summed E-state index contributed by atoms with van der Waals surface area (Å²) >= 11 is 1.62. The Morgan fingerprint density at radius 2 is 2.00 bits per heavy atom. The largest absolute Gasteiger partial charge is 0.336 e. The van der Waals surface area contributed by atoms with E-state index in [1.54, 1.807) is 53.8 Å². The number of aromatic nitrogens is 1. The summed E-state index contributed by atoms with van der Waals surface area (Å²) in [5.74, 6) is -0.0607. The molecule has 0 radical (unpaired) electrons. The SMILES string of the molecule is CCc1nc(CN(C)C(=O)c2ccc(S(C)=O)cc2)cs1. The van der Waals surface area contributed by atoms with Gasteiger partial charge >= 0.3 is 0 Å². The van der Waals surface area contributed by atoms with E-state index in [1.165, 1.54) is 0 Å². The molecule has 0 bridgehead atoms. The number of aryl methyl sites for hydroxylation is 1. The van der Waals surface area contributed by atoms with Crippen molar-refractivity contribution < 1.29 is 9.00 Å². The highest BCUT2D eigenvalue weighted by Gasteiger charge is 2.13. The molecule has 0 aliphatic carbocycles. The van der Waals surface area contributed by atoms with Gasteiger partial charge in [0.25, 0.3) is 5.91 Å². The van der Waals surface area contributed by atoms with Crippen LogP contribution in [0.1, 0.15) is 28.0 Å². The Kier molecular flexibility index (Phi) is 5.25. The lowest BCUT2D eigenvalue weighted by atomic mass is 10.2. The lowest BCUT2D eigenvalue weighted by molar-refractivity contribution is 0.0783. The van der Waals surface area contributed by atoms with Crippen LogP contribution in [-0.2, 0) is 23.8 Å². The van der Waals surface area contributed by atoms with Gasteiger partial charge in [0.1, 0.15) is 0 Å². The van der Waals surface area contributed by atoms with E-state index in [0.717, 1.165) is 22.0 Å². The van der Waals surface area contributed by atoms with Crippen LogP contribution in [0.25, 0.3) is 0 Å². The van der Waals surface area contributed by atoms with Gasteiger partial charge in [0.05, 0.1) is 17.2 Å². The predicted octanol–water partition coefficient (Wildman–Crippen LogP) is 2.72. The van der Waals surface area contributed by atoms with Crippen molar-refractivity contribution in [3.63, 3.8) is 0 Å². The van der Waals surface area contributed by atoms with Crippen LogP contribution in [0, 0.1) is 0 Å². The minimum absolute atomic E-state index is 0.0607. The zero-order valence-corrected chi connectivity index (χ0v) is 14.0. The highest BCUT2D eigenvalue weighted by atomic mass is 32.2. The molecule has 0 aliphatic rings. The number of thiazole rings is 1. The van der Waals surface area contributed by atoms with E-state index in [2.05, 4.69) is 11.9 Å². The molecular formula is C15H18N2O2S2. The van der Waals surface area contributed by atoms with E-state index < -0.39 is 10.8 Å². The summed E-state index contributed by atoms with van der Waals surface area (Å²) in [6.45, 7) is 2.56. The van der Waals surface area contributed by atoms with Crippen molar-refractivity contribution >= 4 is 28.0 Å². The maximum atomic E-state index is 12.3. The third kappa shape index (κ3) is 3.98. The number of benzene rings is 1. The van der Waals surface area contributed by atoms with Gasteiger partial charge in [-0.3, -0.25) is 9.00 Å². The Labute approximate surface area is 131 Å². The van der Waals surface area contributed by atoms with E-state index in [9.17, 15) is 9.00 Å². The summed E-state index contributed by atoms with van der Waals surface area (Å²) in [7, 11) is 0.739. The van der Waals surface area contributed by atoms with Gasteiger partial charge in [-0.2, -0.15) is 0 Å². The van der Waals surface area contributed by atoms with E-state index in [4.69, 9.17) is 0 Å². The smallest absolute Gasteiger partial charge is 0.253 e. The molecule has 1 heterocycles. The van der Waals surface area contributed by atoms with Crippen LogP contribution in [-0.4, -0.2) is 33.3 Å². The molecule has 2 aromatic rings. The number of amides is 1. The molecule has 0 N–H and O–H groups in total. The molecule has 0 fully saturated rings. The third-order valence-electron chi connectivity index (χ3n) is 3.08. The van der Waals surface area contributed by atoms with Crippen LogP contribution >= 0.6 is 11.3 Å². The van der Waals surface area contributed by atoms with Gasteiger partial charge in [0.2, 0.25) is 0 Å². The van der Waals surface area contributed by atoms with E-state index in [1.807, 2.05) is 5.38 Å². The van der Waals surface area contributed by atoms with Crippen molar-refractivity contribution in [3.05, 3.63) is 45.9 Å². The van der Waals surface area contributed by atoms with Crippen molar-refractivity contribution in [1.82, 2.24) is 9.88 Å². The Bertz CT molecular complexity index is 650. The zero-order chi connectivity index (χ0) is 15.4. The third-order valence-corrected chi connectivity index (χ3v) is 5.06. The molecule has 6 heteroatoms. The highest BCUT2D eigenvalue weighted by molar-refractivity contribution is 7.84. The fourth-order valence-electron chi connectivity index (χ4n) is 1.91. The van der Waals surface area contributed by atoms with Gasteiger partial charge in [-0.1, -0.05) is 6.92 Å². The summed E-state index contributed by atoms with van der Waals surface area (Å²) in [5.41, 5.74) is 1.51. The monoisotopic (exact) mass is 322 g/mol. The average Bonchev–Trinajstić information content (AvgIpc) is 2.94. The Morgan fingerprint density at radius 3 is 2.52 bits per heavy atom.